The molecule has 0 spiro atoms. The molecule has 0 saturated carbocycles. The molecule has 9 heteroatoms. The Hall–Kier alpha value is -1.48. The van der Waals surface area contributed by atoms with Crippen molar-refractivity contribution in [1.82, 2.24) is 0 Å². The smallest absolute Gasteiger partial charge is 0.455 e. The van der Waals surface area contributed by atoms with Crippen LogP contribution in [0.25, 0.3) is 0 Å². The summed E-state index contributed by atoms with van der Waals surface area (Å²) in [6.45, 7) is 2.84. The van der Waals surface area contributed by atoms with Crippen LogP contribution in [0.5, 0.6) is 5.75 Å². The number of nitrogens with two attached hydrogens (primary N) is 1. The topological polar surface area (TPSA) is 55.5 Å². The largest absolute Gasteiger partial charge is 0.492 e. The minimum absolute atomic E-state index is 0.0705. The maximum Gasteiger partial charge on any atom is 0.455 e. The van der Waals surface area contributed by atoms with Gasteiger partial charge >= 0.3 is 18.0 Å². The lowest BCUT2D eigenvalue weighted by molar-refractivity contribution is -0.390. The van der Waals surface area contributed by atoms with Crippen LogP contribution in [0.1, 0.15) is 16.7 Å². The minimum atomic E-state index is -6.15. The van der Waals surface area contributed by atoms with Crippen LogP contribution in [0.3, 0.4) is 0 Å². The first kappa shape index (κ1) is 18.6. The SMILES string of the molecule is Cc1cc(C(F)(F)C(O)(F)C(F)(F)F)cc(C)c1OCCN. The second-order valence-electron chi connectivity index (χ2n) is 4.77. The number of hydrogen-bond acceptors (Lipinski definition) is 3. The maximum atomic E-state index is 13.8. The van der Waals surface area contributed by atoms with Crippen LogP contribution >= 0.6 is 0 Å². The molecule has 22 heavy (non-hydrogen) atoms. The summed E-state index contributed by atoms with van der Waals surface area (Å²) in [6, 6.07) is 1.27. The molecule has 0 aliphatic carbocycles. The van der Waals surface area contributed by atoms with Crippen molar-refractivity contribution >= 4 is 0 Å². The number of benzene rings is 1. The van der Waals surface area contributed by atoms with Gasteiger partial charge in [-0.05, 0) is 37.1 Å². The molecule has 0 aromatic heterocycles. The predicted octanol–water partition coefficient (Wildman–Crippen LogP) is 2.95. The van der Waals surface area contributed by atoms with Crippen molar-refractivity contribution < 1.29 is 36.2 Å². The van der Waals surface area contributed by atoms with Gasteiger partial charge in [0.15, 0.2) is 0 Å². The van der Waals surface area contributed by atoms with Gasteiger partial charge in [0.05, 0.1) is 0 Å². The van der Waals surface area contributed by atoms with Gasteiger partial charge in [0, 0.05) is 12.1 Å². The van der Waals surface area contributed by atoms with Crippen LogP contribution in [0.4, 0.5) is 26.3 Å². The Kier molecular flexibility index (Phi) is 5.03. The first-order valence-corrected chi connectivity index (χ1v) is 6.16. The van der Waals surface area contributed by atoms with Crippen molar-refractivity contribution in [3.05, 3.63) is 28.8 Å². The zero-order valence-corrected chi connectivity index (χ0v) is 11.8. The van der Waals surface area contributed by atoms with Gasteiger partial charge in [0.1, 0.15) is 12.4 Å². The Morgan fingerprint density at radius 2 is 1.50 bits per heavy atom. The van der Waals surface area contributed by atoms with Crippen molar-refractivity contribution in [3.8, 4) is 5.75 Å². The molecule has 1 atom stereocenters. The van der Waals surface area contributed by atoms with Gasteiger partial charge in [-0.15, -0.1) is 0 Å². The third-order valence-electron chi connectivity index (χ3n) is 2.98. The standard InChI is InChI=1S/C13H15F6NO2/c1-7-5-9(6-8(2)10(7)22-4-3-20)11(14,15)12(16,21)13(17,18)19/h5-6,21H,3-4,20H2,1-2H3. The third-order valence-corrected chi connectivity index (χ3v) is 2.98. The van der Waals surface area contributed by atoms with Crippen LogP contribution in [-0.4, -0.2) is 30.3 Å². The Labute approximate surface area is 122 Å². The third kappa shape index (κ3) is 3.14. The summed E-state index contributed by atoms with van der Waals surface area (Å²) in [5.41, 5.74) is 4.07. The van der Waals surface area contributed by atoms with Crippen LogP contribution in [-0.2, 0) is 5.92 Å². The normalized spacial score (nSPS) is 15.5. The average Bonchev–Trinajstić information content (AvgIpc) is 2.36. The Morgan fingerprint density at radius 1 is 1.05 bits per heavy atom. The van der Waals surface area contributed by atoms with E-state index in [0.717, 1.165) is 0 Å². The number of aryl methyl sites for hydroxylation is 2. The molecule has 1 unspecified atom stereocenters. The molecule has 0 amide bonds. The molecule has 1 aromatic carbocycles. The van der Waals surface area contributed by atoms with Gasteiger partial charge in [0.25, 0.3) is 0 Å². The van der Waals surface area contributed by atoms with Gasteiger partial charge in [-0.1, -0.05) is 0 Å². The Balaban J connectivity index is 3.33. The monoisotopic (exact) mass is 331 g/mol. The molecule has 3 nitrogen and oxygen atoms in total. The van der Waals surface area contributed by atoms with Crippen LogP contribution in [0.2, 0.25) is 0 Å². The molecule has 0 radical (unpaired) electrons. The molecule has 1 aromatic rings. The van der Waals surface area contributed by atoms with E-state index < -0.39 is 23.5 Å². The van der Waals surface area contributed by atoms with Gasteiger partial charge < -0.3 is 15.6 Å². The summed E-state index contributed by atoms with van der Waals surface area (Å²) >= 11 is 0. The van der Waals surface area contributed by atoms with E-state index in [4.69, 9.17) is 15.6 Å². The van der Waals surface area contributed by atoms with Crippen molar-refractivity contribution in [2.75, 3.05) is 13.2 Å². The lowest BCUT2D eigenvalue weighted by Crippen LogP contribution is -2.53. The fraction of sp³-hybridized carbons (Fsp3) is 0.538. The van der Waals surface area contributed by atoms with Crippen LogP contribution in [0.15, 0.2) is 12.1 Å². The number of halogens is 6. The Bertz CT molecular complexity index is 519. The summed E-state index contributed by atoms with van der Waals surface area (Å²) in [4.78, 5) is 0. The second-order valence-corrected chi connectivity index (χ2v) is 4.77. The number of aliphatic hydroxyl groups is 1. The zero-order chi connectivity index (χ0) is 17.3. The number of ether oxygens (including phenoxy) is 1. The van der Waals surface area contributed by atoms with E-state index in [9.17, 15) is 26.3 Å². The molecular weight excluding hydrogens is 316 g/mol. The van der Waals surface area contributed by atoms with Crippen LogP contribution in [0, 0.1) is 13.8 Å². The molecular formula is C13H15F6NO2. The molecule has 0 saturated heterocycles. The van der Waals surface area contributed by atoms with E-state index in [1.807, 2.05) is 0 Å². The van der Waals surface area contributed by atoms with Crippen molar-refractivity contribution in [1.29, 1.82) is 0 Å². The van der Waals surface area contributed by atoms with Gasteiger partial charge in [-0.2, -0.15) is 26.3 Å². The molecule has 0 aliphatic rings. The van der Waals surface area contributed by atoms with E-state index in [2.05, 4.69) is 0 Å². The quantitative estimate of drug-likeness (QED) is 0.816. The molecule has 3 N–H and O–H groups in total. The molecule has 126 valence electrons. The van der Waals surface area contributed by atoms with Crippen LogP contribution < -0.4 is 10.5 Å². The van der Waals surface area contributed by atoms with Crippen molar-refractivity contribution in [2.24, 2.45) is 5.73 Å². The Morgan fingerprint density at radius 3 is 1.86 bits per heavy atom. The van der Waals surface area contributed by atoms with E-state index in [1.54, 1.807) is 0 Å². The maximum absolute atomic E-state index is 13.8. The lowest BCUT2D eigenvalue weighted by Gasteiger charge is -2.31. The average molecular weight is 331 g/mol. The summed E-state index contributed by atoms with van der Waals surface area (Å²) in [5, 5.41) is 8.64. The number of rotatable bonds is 5. The van der Waals surface area contributed by atoms with Gasteiger partial charge in [-0.3, -0.25) is 0 Å². The van der Waals surface area contributed by atoms with Crippen molar-refractivity contribution in [3.63, 3.8) is 0 Å². The summed E-state index contributed by atoms with van der Waals surface area (Å²) in [5.74, 6) is -10.7. The minimum Gasteiger partial charge on any atom is -0.492 e. The first-order valence-electron chi connectivity index (χ1n) is 6.16. The number of hydrogen-bond donors (Lipinski definition) is 2. The molecule has 1 rings (SSSR count). The first-order chi connectivity index (χ1) is 9.86. The molecule has 0 fully saturated rings. The van der Waals surface area contributed by atoms with E-state index in [-0.39, 0.29) is 30.0 Å². The zero-order valence-electron chi connectivity index (χ0n) is 11.8. The molecule has 0 bridgehead atoms. The predicted molar refractivity (Wildman–Crippen MR) is 66.5 cm³/mol. The molecule has 0 heterocycles. The fourth-order valence-electron chi connectivity index (χ4n) is 1.89. The summed E-state index contributed by atoms with van der Waals surface area (Å²) < 4.78 is 82.9. The number of alkyl halides is 6. The van der Waals surface area contributed by atoms with Gasteiger partial charge in [0.2, 0.25) is 0 Å². The highest BCUT2D eigenvalue weighted by atomic mass is 19.4. The molecule has 0 aliphatic heterocycles. The van der Waals surface area contributed by atoms with E-state index >= 15 is 0 Å². The van der Waals surface area contributed by atoms with Gasteiger partial charge in [-0.25, -0.2) is 0 Å². The fourth-order valence-corrected chi connectivity index (χ4v) is 1.89. The lowest BCUT2D eigenvalue weighted by atomic mass is 9.96. The van der Waals surface area contributed by atoms with E-state index in [0.29, 0.717) is 12.1 Å². The highest BCUT2D eigenvalue weighted by Crippen LogP contribution is 2.49. The summed E-state index contributed by atoms with van der Waals surface area (Å²) in [7, 11) is 0. The van der Waals surface area contributed by atoms with Crippen molar-refractivity contribution in [2.45, 2.75) is 31.8 Å². The summed E-state index contributed by atoms with van der Waals surface area (Å²) in [6.07, 6.45) is -6.15. The highest BCUT2D eigenvalue weighted by molar-refractivity contribution is 5.45. The second kappa shape index (κ2) is 5.96. The van der Waals surface area contributed by atoms with E-state index in [1.165, 1.54) is 13.8 Å². The highest BCUT2D eigenvalue weighted by Gasteiger charge is 2.71.